The summed E-state index contributed by atoms with van der Waals surface area (Å²) in [6, 6.07) is 19.3. The van der Waals surface area contributed by atoms with Crippen molar-refractivity contribution in [1.82, 2.24) is 0 Å². The molecule has 0 saturated heterocycles. The number of carbonyl (C=O) groups excluding carboxylic acids is 2. The molecule has 29 heavy (non-hydrogen) atoms. The summed E-state index contributed by atoms with van der Waals surface area (Å²) in [5.74, 6) is 0.272. The highest BCUT2D eigenvalue weighted by Gasteiger charge is 2.17. The molecule has 148 valence electrons. The fourth-order valence-electron chi connectivity index (χ4n) is 2.91. The second-order valence-corrected chi connectivity index (χ2v) is 6.36. The SMILES string of the molecule is COc1ccccc1C(=O)Nc1ccc(C)cc1NC(=O)c1ccccc1OC. The number of para-hydroxylation sites is 2. The Morgan fingerprint density at radius 2 is 1.17 bits per heavy atom. The maximum atomic E-state index is 12.8. The summed E-state index contributed by atoms with van der Waals surface area (Å²) in [5.41, 5.74) is 2.71. The summed E-state index contributed by atoms with van der Waals surface area (Å²) in [7, 11) is 3.02. The molecule has 0 atom stereocenters. The number of rotatable bonds is 6. The van der Waals surface area contributed by atoms with Crippen molar-refractivity contribution < 1.29 is 19.1 Å². The van der Waals surface area contributed by atoms with Gasteiger partial charge in [0.2, 0.25) is 0 Å². The van der Waals surface area contributed by atoms with Gasteiger partial charge in [-0.2, -0.15) is 0 Å². The number of ether oxygens (including phenoxy) is 2. The third kappa shape index (κ3) is 4.55. The normalized spacial score (nSPS) is 10.2. The smallest absolute Gasteiger partial charge is 0.259 e. The van der Waals surface area contributed by atoms with E-state index in [4.69, 9.17) is 9.47 Å². The summed E-state index contributed by atoms with van der Waals surface area (Å²) in [6.07, 6.45) is 0. The van der Waals surface area contributed by atoms with Crippen LogP contribution in [0.2, 0.25) is 0 Å². The van der Waals surface area contributed by atoms with Crippen molar-refractivity contribution in [2.24, 2.45) is 0 Å². The van der Waals surface area contributed by atoms with E-state index in [0.717, 1.165) is 5.56 Å². The Balaban J connectivity index is 1.88. The van der Waals surface area contributed by atoms with Crippen LogP contribution in [-0.4, -0.2) is 26.0 Å². The van der Waals surface area contributed by atoms with Gasteiger partial charge < -0.3 is 20.1 Å². The number of benzene rings is 3. The lowest BCUT2D eigenvalue weighted by atomic mass is 10.1. The first-order valence-corrected chi connectivity index (χ1v) is 9.03. The van der Waals surface area contributed by atoms with E-state index in [-0.39, 0.29) is 11.8 Å². The van der Waals surface area contributed by atoms with Crippen molar-refractivity contribution in [3.05, 3.63) is 83.4 Å². The Morgan fingerprint density at radius 3 is 1.69 bits per heavy atom. The summed E-state index contributed by atoms with van der Waals surface area (Å²) < 4.78 is 10.5. The van der Waals surface area contributed by atoms with Gasteiger partial charge in [0.15, 0.2) is 0 Å². The van der Waals surface area contributed by atoms with Gasteiger partial charge in [-0.15, -0.1) is 0 Å². The summed E-state index contributed by atoms with van der Waals surface area (Å²) in [4.78, 5) is 25.6. The van der Waals surface area contributed by atoms with E-state index in [2.05, 4.69) is 10.6 Å². The summed E-state index contributed by atoms with van der Waals surface area (Å²) >= 11 is 0. The highest BCUT2D eigenvalue weighted by molar-refractivity contribution is 6.11. The second kappa shape index (κ2) is 8.93. The minimum absolute atomic E-state index is 0.333. The van der Waals surface area contributed by atoms with Gasteiger partial charge >= 0.3 is 0 Å². The van der Waals surface area contributed by atoms with Gasteiger partial charge in [-0.05, 0) is 48.9 Å². The Morgan fingerprint density at radius 1 is 0.690 bits per heavy atom. The molecule has 6 nitrogen and oxygen atoms in total. The Hall–Kier alpha value is -3.80. The Labute approximate surface area is 169 Å². The number of nitrogens with one attached hydrogen (secondary N) is 2. The van der Waals surface area contributed by atoms with Crippen LogP contribution < -0.4 is 20.1 Å². The number of hydrogen-bond acceptors (Lipinski definition) is 4. The van der Waals surface area contributed by atoms with Crippen molar-refractivity contribution >= 4 is 23.2 Å². The number of aryl methyl sites for hydroxylation is 1. The zero-order valence-electron chi connectivity index (χ0n) is 16.5. The minimum atomic E-state index is -0.334. The van der Waals surface area contributed by atoms with Gasteiger partial charge in [0.05, 0.1) is 36.7 Å². The monoisotopic (exact) mass is 390 g/mol. The highest BCUT2D eigenvalue weighted by Crippen LogP contribution is 2.27. The van der Waals surface area contributed by atoms with Gasteiger partial charge in [0.25, 0.3) is 11.8 Å². The minimum Gasteiger partial charge on any atom is -0.496 e. The molecule has 0 aromatic heterocycles. The lowest BCUT2D eigenvalue weighted by molar-refractivity contribution is 0.101. The third-order valence-corrected chi connectivity index (χ3v) is 4.37. The van der Waals surface area contributed by atoms with E-state index in [1.165, 1.54) is 14.2 Å². The molecule has 3 rings (SSSR count). The van der Waals surface area contributed by atoms with Crippen molar-refractivity contribution in [3.8, 4) is 11.5 Å². The van der Waals surface area contributed by atoms with E-state index >= 15 is 0 Å². The van der Waals surface area contributed by atoms with Crippen LogP contribution in [0.1, 0.15) is 26.3 Å². The molecule has 0 bridgehead atoms. The topological polar surface area (TPSA) is 76.7 Å². The van der Waals surface area contributed by atoms with Crippen LogP contribution in [-0.2, 0) is 0 Å². The van der Waals surface area contributed by atoms with Gasteiger partial charge in [-0.25, -0.2) is 0 Å². The maximum absolute atomic E-state index is 12.8. The Kier molecular flexibility index (Phi) is 6.14. The molecule has 0 aliphatic carbocycles. The number of carbonyl (C=O) groups is 2. The second-order valence-electron chi connectivity index (χ2n) is 6.36. The largest absolute Gasteiger partial charge is 0.496 e. The molecule has 0 saturated carbocycles. The van der Waals surface area contributed by atoms with Gasteiger partial charge in [-0.3, -0.25) is 9.59 Å². The zero-order valence-corrected chi connectivity index (χ0v) is 16.5. The van der Waals surface area contributed by atoms with Crippen molar-refractivity contribution in [1.29, 1.82) is 0 Å². The zero-order chi connectivity index (χ0) is 20.8. The van der Waals surface area contributed by atoms with Gasteiger partial charge in [-0.1, -0.05) is 30.3 Å². The number of hydrogen-bond donors (Lipinski definition) is 2. The van der Waals surface area contributed by atoms with Gasteiger partial charge in [0, 0.05) is 0 Å². The maximum Gasteiger partial charge on any atom is 0.259 e. The van der Waals surface area contributed by atoms with Crippen molar-refractivity contribution in [3.63, 3.8) is 0 Å². The molecule has 0 spiro atoms. The van der Waals surface area contributed by atoms with E-state index in [0.29, 0.717) is 34.0 Å². The molecular weight excluding hydrogens is 368 g/mol. The highest BCUT2D eigenvalue weighted by atomic mass is 16.5. The fourth-order valence-corrected chi connectivity index (χ4v) is 2.91. The molecule has 2 amide bonds. The van der Waals surface area contributed by atoms with Crippen LogP contribution in [0.4, 0.5) is 11.4 Å². The van der Waals surface area contributed by atoms with Gasteiger partial charge in [0.1, 0.15) is 11.5 Å². The molecule has 0 aliphatic heterocycles. The quantitative estimate of drug-likeness (QED) is 0.649. The Bertz CT molecular complexity index is 1050. The summed E-state index contributed by atoms with van der Waals surface area (Å²) in [5, 5.41) is 5.71. The lowest BCUT2D eigenvalue weighted by Crippen LogP contribution is -2.18. The van der Waals surface area contributed by atoms with Crippen LogP contribution in [0.15, 0.2) is 66.7 Å². The van der Waals surface area contributed by atoms with E-state index in [1.807, 2.05) is 13.0 Å². The average Bonchev–Trinajstić information content (AvgIpc) is 2.75. The molecule has 0 fully saturated rings. The van der Waals surface area contributed by atoms with Crippen LogP contribution in [0.5, 0.6) is 11.5 Å². The molecule has 0 heterocycles. The molecule has 0 radical (unpaired) electrons. The van der Waals surface area contributed by atoms with Crippen LogP contribution in [0.3, 0.4) is 0 Å². The molecule has 6 heteroatoms. The number of amides is 2. The van der Waals surface area contributed by atoms with E-state index in [9.17, 15) is 9.59 Å². The van der Waals surface area contributed by atoms with Crippen LogP contribution in [0, 0.1) is 6.92 Å². The van der Waals surface area contributed by atoms with Crippen molar-refractivity contribution in [2.45, 2.75) is 6.92 Å². The molecular formula is C23H22N2O4. The number of anilines is 2. The molecule has 0 unspecified atom stereocenters. The predicted molar refractivity (Wildman–Crippen MR) is 113 cm³/mol. The van der Waals surface area contributed by atoms with Crippen LogP contribution >= 0.6 is 0 Å². The molecule has 3 aromatic rings. The standard InChI is InChI=1S/C23H22N2O4/c1-15-12-13-18(24-22(26)16-8-4-6-10-20(16)28-2)19(14-15)25-23(27)17-9-5-7-11-21(17)29-3/h4-14H,1-3H3,(H,24,26)(H,25,27). The summed E-state index contributed by atoms with van der Waals surface area (Å²) in [6.45, 7) is 1.91. The van der Waals surface area contributed by atoms with E-state index in [1.54, 1.807) is 60.7 Å². The molecule has 2 N–H and O–H groups in total. The van der Waals surface area contributed by atoms with Crippen molar-refractivity contribution in [2.75, 3.05) is 24.9 Å². The fraction of sp³-hybridized carbons (Fsp3) is 0.130. The first-order valence-electron chi connectivity index (χ1n) is 9.03. The first kappa shape index (κ1) is 19.9. The third-order valence-electron chi connectivity index (χ3n) is 4.37. The molecule has 3 aromatic carbocycles. The average molecular weight is 390 g/mol. The first-order chi connectivity index (χ1) is 14.0. The predicted octanol–water partition coefficient (Wildman–Crippen LogP) is 4.52. The van der Waals surface area contributed by atoms with E-state index < -0.39 is 0 Å². The van der Waals surface area contributed by atoms with Crippen LogP contribution in [0.25, 0.3) is 0 Å². The molecule has 0 aliphatic rings. The lowest BCUT2D eigenvalue weighted by Gasteiger charge is -2.15. The number of methoxy groups -OCH3 is 2.